The summed E-state index contributed by atoms with van der Waals surface area (Å²) in [7, 11) is 0. The van der Waals surface area contributed by atoms with E-state index in [1.54, 1.807) is 0 Å². The molecule has 2 N–H and O–H groups in total. The van der Waals surface area contributed by atoms with E-state index < -0.39 is 0 Å². The molecule has 2 aliphatic heterocycles. The Morgan fingerprint density at radius 3 is 2.83 bits per heavy atom. The van der Waals surface area contributed by atoms with Crippen molar-refractivity contribution in [3.8, 4) is 0 Å². The molecular weight excluding hydrogens is 230 g/mol. The number of rotatable bonds is 4. The maximum atomic E-state index is 12.0. The van der Waals surface area contributed by atoms with Crippen LogP contribution in [0.25, 0.3) is 0 Å². The lowest BCUT2D eigenvalue weighted by molar-refractivity contribution is -0.125. The van der Waals surface area contributed by atoms with Gasteiger partial charge in [-0.3, -0.25) is 9.69 Å². The zero-order valence-electron chi connectivity index (χ0n) is 11.3. The summed E-state index contributed by atoms with van der Waals surface area (Å²) in [4.78, 5) is 14.3. The standard InChI is InChI=1S/C13H25N3O2/c1-11-2-3-12(10-15-11)13(17)14-4-5-16-6-8-18-9-7-16/h11-12,15H,2-10H2,1H3,(H,14,17). The quantitative estimate of drug-likeness (QED) is 0.732. The fraction of sp³-hybridized carbons (Fsp3) is 0.923. The molecule has 0 aromatic carbocycles. The van der Waals surface area contributed by atoms with Gasteiger partial charge in [0.15, 0.2) is 0 Å². The SMILES string of the molecule is CC1CCC(C(=O)NCCN2CCOCC2)CN1. The molecule has 2 heterocycles. The third-order valence-electron chi connectivity index (χ3n) is 3.86. The molecule has 0 aromatic heterocycles. The van der Waals surface area contributed by atoms with E-state index in [2.05, 4.69) is 22.5 Å². The highest BCUT2D eigenvalue weighted by atomic mass is 16.5. The number of morpholine rings is 1. The lowest BCUT2D eigenvalue weighted by atomic mass is 9.95. The number of nitrogens with zero attached hydrogens (tertiary/aromatic N) is 1. The van der Waals surface area contributed by atoms with Crippen LogP contribution in [0.4, 0.5) is 0 Å². The Kier molecular flexibility index (Phi) is 5.41. The molecule has 18 heavy (non-hydrogen) atoms. The summed E-state index contributed by atoms with van der Waals surface area (Å²) < 4.78 is 5.30. The number of carbonyl (C=O) groups excluding carboxylic acids is 1. The number of carbonyl (C=O) groups is 1. The number of hydrogen-bond acceptors (Lipinski definition) is 4. The summed E-state index contributed by atoms with van der Waals surface area (Å²) >= 11 is 0. The zero-order chi connectivity index (χ0) is 12.8. The molecular formula is C13H25N3O2. The smallest absolute Gasteiger partial charge is 0.224 e. The molecule has 2 aliphatic rings. The Morgan fingerprint density at radius 2 is 2.17 bits per heavy atom. The number of amides is 1. The average molecular weight is 255 g/mol. The van der Waals surface area contributed by atoms with Gasteiger partial charge in [-0.2, -0.15) is 0 Å². The second-order valence-electron chi connectivity index (χ2n) is 5.33. The van der Waals surface area contributed by atoms with E-state index in [0.29, 0.717) is 6.04 Å². The van der Waals surface area contributed by atoms with Gasteiger partial charge in [-0.15, -0.1) is 0 Å². The van der Waals surface area contributed by atoms with Crippen LogP contribution in [0, 0.1) is 5.92 Å². The van der Waals surface area contributed by atoms with Crippen molar-refractivity contribution in [3.63, 3.8) is 0 Å². The second kappa shape index (κ2) is 7.07. The number of ether oxygens (including phenoxy) is 1. The van der Waals surface area contributed by atoms with Crippen LogP contribution in [-0.2, 0) is 9.53 Å². The minimum absolute atomic E-state index is 0.158. The highest BCUT2D eigenvalue weighted by Crippen LogP contribution is 2.13. The van der Waals surface area contributed by atoms with Gasteiger partial charge in [0.05, 0.1) is 19.1 Å². The molecule has 0 aromatic rings. The molecule has 2 unspecified atom stereocenters. The first-order valence-electron chi connectivity index (χ1n) is 7.07. The first-order valence-corrected chi connectivity index (χ1v) is 7.07. The van der Waals surface area contributed by atoms with Gasteiger partial charge >= 0.3 is 0 Å². The van der Waals surface area contributed by atoms with Crippen LogP contribution in [0.1, 0.15) is 19.8 Å². The summed E-state index contributed by atoms with van der Waals surface area (Å²) in [6, 6.07) is 0.558. The molecule has 0 aliphatic carbocycles. The van der Waals surface area contributed by atoms with Gasteiger partial charge in [0.25, 0.3) is 0 Å². The lowest BCUT2D eigenvalue weighted by Crippen LogP contribution is -2.46. The van der Waals surface area contributed by atoms with Crippen molar-refractivity contribution in [1.82, 2.24) is 15.5 Å². The van der Waals surface area contributed by atoms with Crippen LogP contribution in [0.15, 0.2) is 0 Å². The van der Waals surface area contributed by atoms with Crippen molar-refractivity contribution >= 4 is 5.91 Å². The third kappa shape index (κ3) is 4.23. The van der Waals surface area contributed by atoms with E-state index >= 15 is 0 Å². The summed E-state index contributed by atoms with van der Waals surface area (Å²) in [5.41, 5.74) is 0. The molecule has 0 spiro atoms. The van der Waals surface area contributed by atoms with Gasteiger partial charge < -0.3 is 15.4 Å². The maximum Gasteiger partial charge on any atom is 0.224 e. The Bertz CT molecular complexity index is 259. The number of piperidine rings is 1. The Morgan fingerprint density at radius 1 is 1.39 bits per heavy atom. The largest absolute Gasteiger partial charge is 0.379 e. The highest BCUT2D eigenvalue weighted by Gasteiger charge is 2.23. The van der Waals surface area contributed by atoms with Crippen LogP contribution in [-0.4, -0.2) is 62.8 Å². The van der Waals surface area contributed by atoms with Gasteiger partial charge in [0, 0.05) is 38.8 Å². The van der Waals surface area contributed by atoms with Crippen molar-refractivity contribution in [2.45, 2.75) is 25.8 Å². The Balaban J connectivity index is 1.59. The first kappa shape index (κ1) is 13.8. The van der Waals surface area contributed by atoms with Gasteiger partial charge in [-0.05, 0) is 19.8 Å². The van der Waals surface area contributed by atoms with Crippen LogP contribution in [0.5, 0.6) is 0 Å². The molecule has 2 atom stereocenters. The second-order valence-corrected chi connectivity index (χ2v) is 5.33. The van der Waals surface area contributed by atoms with Gasteiger partial charge in [-0.1, -0.05) is 0 Å². The van der Waals surface area contributed by atoms with E-state index in [1.807, 2.05) is 0 Å². The normalized spacial score (nSPS) is 30.1. The van der Waals surface area contributed by atoms with E-state index in [1.165, 1.54) is 0 Å². The van der Waals surface area contributed by atoms with E-state index in [4.69, 9.17) is 4.74 Å². The van der Waals surface area contributed by atoms with E-state index in [0.717, 1.165) is 58.8 Å². The molecule has 2 rings (SSSR count). The summed E-state index contributed by atoms with van der Waals surface area (Å²) in [6.07, 6.45) is 2.11. The fourth-order valence-corrected chi connectivity index (χ4v) is 2.53. The van der Waals surface area contributed by atoms with Crippen molar-refractivity contribution in [1.29, 1.82) is 0 Å². The molecule has 2 fully saturated rings. The van der Waals surface area contributed by atoms with Crippen molar-refractivity contribution in [2.24, 2.45) is 5.92 Å². The molecule has 104 valence electrons. The van der Waals surface area contributed by atoms with Crippen LogP contribution >= 0.6 is 0 Å². The predicted octanol–water partition coefficient (Wildman–Crippen LogP) is -0.177. The predicted molar refractivity (Wildman–Crippen MR) is 70.5 cm³/mol. The van der Waals surface area contributed by atoms with Crippen LogP contribution < -0.4 is 10.6 Å². The number of hydrogen-bond donors (Lipinski definition) is 2. The Hall–Kier alpha value is -0.650. The monoisotopic (exact) mass is 255 g/mol. The lowest BCUT2D eigenvalue weighted by Gasteiger charge is -2.28. The topological polar surface area (TPSA) is 53.6 Å². The zero-order valence-corrected chi connectivity index (χ0v) is 11.3. The maximum absolute atomic E-state index is 12.0. The third-order valence-corrected chi connectivity index (χ3v) is 3.86. The van der Waals surface area contributed by atoms with Crippen LogP contribution in [0.3, 0.4) is 0 Å². The molecule has 0 radical (unpaired) electrons. The molecule has 5 nitrogen and oxygen atoms in total. The molecule has 0 saturated carbocycles. The molecule has 5 heteroatoms. The highest BCUT2D eigenvalue weighted by molar-refractivity contribution is 5.78. The van der Waals surface area contributed by atoms with Gasteiger partial charge in [0.2, 0.25) is 5.91 Å². The van der Waals surface area contributed by atoms with Gasteiger partial charge in [-0.25, -0.2) is 0 Å². The van der Waals surface area contributed by atoms with Crippen molar-refractivity contribution in [3.05, 3.63) is 0 Å². The number of nitrogens with one attached hydrogen (secondary N) is 2. The summed E-state index contributed by atoms with van der Waals surface area (Å²) in [5.74, 6) is 0.369. The van der Waals surface area contributed by atoms with Crippen LogP contribution in [0.2, 0.25) is 0 Å². The fourth-order valence-electron chi connectivity index (χ4n) is 2.53. The Labute approximate surface area is 109 Å². The molecule has 2 saturated heterocycles. The van der Waals surface area contributed by atoms with Crippen molar-refractivity contribution < 1.29 is 9.53 Å². The van der Waals surface area contributed by atoms with Gasteiger partial charge in [0.1, 0.15) is 0 Å². The first-order chi connectivity index (χ1) is 8.75. The average Bonchev–Trinajstić information content (AvgIpc) is 2.40. The van der Waals surface area contributed by atoms with E-state index in [-0.39, 0.29) is 11.8 Å². The summed E-state index contributed by atoms with van der Waals surface area (Å²) in [6.45, 7) is 8.29. The summed E-state index contributed by atoms with van der Waals surface area (Å²) in [5, 5.41) is 6.42. The molecule has 1 amide bonds. The minimum atomic E-state index is 0.158. The minimum Gasteiger partial charge on any atom is -0.379 e. The van der Waals surface area contributed by atoms with Crippen molar-refractivity contribution in [2.75, 3.05) is 45.9 Å². The molecule has 0 bridgehead atoms. The van der Waals surface area contributed by atoms with E-state index in [9.17, 15) is 4.79 Å².